The largest absolute Gasteiger partial charge is 0.423 e. The van der Waals surface area contributed by atoms with Crippen LogP contribution < -0.4 is 4.74 Å². The summed E-state index contributed by atoms with van der Waals surface area (Å²) in [7, 11) is 1.74. The van der Waals surface area contributed by atoms with Crippen molar-refractivity contribution in [1.82, 2.24) is 14.8 Å². The Kier molecular flexibility index (Phi) is 6.28. The Balaban J connectivity index is 1.79. The zero-order valence-electron chi connectivity index (χ0n) is 16.2. The van der Waals surface area contributed by atoms with Crippen LogP contribution in [0.15, 0.2) is 58.8 Å². The molecule has 3 aromatic rings. The van der Waals surface area contributed by atoms with Gasteiger partial charge in [-0.3, -0.25) is 10.1 Å². The third-order valence-corrected chi connectivity index (χ3v) is 5.65. The normalized spacial score (nSPS) is 11.8. The molecule has 3 rings (SSSR count). The molecule has 0 aliphatic carbocycles. The van der Waals surface area contributed by atoms with Gasteiger partial charge in [0.1, 0.15) is 12.1 Å². The van der Waals surface area contributed by atoms with Gasteiger partial charge >= 0.3 is 5.97 Å². The number of rotatable bonds is 7. The fraction of sp³-hybridized carbons (Fsp3) is 0.250. The molecule has 0 saturated carbocycles. The zero-order chi connectivity index (χ0) is 21.0. The van der Waals surface area contributed by atoms with Crippen LogP contribution in [0.2, 0.25) is 0 Å². The van der Waals surface area contributed by atoms with Gasteiger partial charge < -0.3 is 9.30 Å². The summed E-state index contributed by atoms with van der Waals surface area (Å²) in [5.74, 6) is 0.156. The lowest BCUT2D eigenvalue weighted by atomic mass is 9.99. The topological polar surface area (TPSA) is 100 Å². The standard InChI is InChI=1S/C20H20N4O4S/c1-4-13(2)14-5-8-16(9-6-14)28-19(25)15-7-10-18(17(11-15)24(26)27)29-20-22-21-12-23(20)3/h5-13H,4H2,1-3H3/t13-/m0/s1. The molecule has 8 nitrogen and oxygen atoms in total. The molecule has 0 N–H and O–H groups in total. The molecule has 9 heteroatoms. The van der Waals surface area contributed by atoms with Crippen LogP contribution >= 0.6 is 11.8 Å². The van der Waals surface area contributed by atoms with Crippen molar-refractivity contribution in [2.24, 2.45) is 7.05 Å². The highest BCUT2D eigenvalue weighted by Gasteiger charge is 2.21. The number of benzene rings is 2. The number of nitrogens with zero attached hydrogens (tertiary/aromatic N) is 4. The van der Waals surface area contributed by atoms with Gasteiger partial charge in [-0.1, -0.05) is 26.0 Å². The van der Waals surface area contributed by atoms with Gasteiger partial charge in [-0.25, -0.2) is 4.79 Å². The summed E-state index contributed by atoms with van der Waals surface area (Å²) in [4.78, 5) is 23.8. The van der Waals surface area contributed by atoms with E-state index in [1.165, 1.54) is 24.5 Å². The molecule has 29 heavy (non-hydrogen) atoms. The number of esters is 1. The maximum absolute atomic E-state index is 12.5. The molecule has 0 spiro atoms. The van der Waals surface area contributed by atoms with Gasteiger partial charge in [-0.05, 0) is 53.9 Å². The lowest BCUT2D eigenvalue weighted by molar-refractivity contribution is -0.387. The Morgan fingerprint density at radius 1 is 1.28 bits per heavy atom. The zero-order valence-corrected chi connectivity index (χ0v) is 17.0. The summed E-state index contributed by atoms with van der Waals surface area (Å²) < 4.78 is 7.03. The molecule has 0 amide bonds. The SMILES string of the molecule is CC[C@H](C)c1ccc(OC(=O)c2ccc(Sc3nncn3C)c([N+](=O)[O-])c2)cc1. The van der Waals surface area contributed by atoms with Crippen LogP contribution in [0.5, 0.6) is 5.75 Å². The van der Waals surface area contributed by atoms with Crippen molar-refractivity contribution in [2.45, 2.75) is 36.2 Å². The number of hydrogen-bond donors (Lipinski definition) is 0. The molecule has 150 valence electrons. The molecule has 0 bridgehead atoms. The quantitative estimate of drug-likeness (QED) is 0.242. The van der Waals surface area contributed by atoms with Gasteiger partial charge in [0.2, 0.25) is 0 Å². The first-order chi connectivity index (χ1) is 13.9. The Bertz CT molecular complexity index is 1030. The number of nitro benzene ring substituents is 1. The molecule has 0 aliphatic heterocycles. The van der Waals surface area contributed by atoms with E-state index in [-0.39, 0.29) is 11.3 Å². The van der Waals surface area contributed by atoms with Gasteiger partial charge in [0.05, 0.1) is 15.4 Å². The Hall–Kier alpha value is -3.20. The van der Waals surface area contributed by atoms with Crippen molar-refractivity contribution in [3.05, 3.63) is 70.0 Å². The van der Waals surface area contributed by atoms with Crippen molar-refractivity contribution in [2.75, 3.05) is 0 Å². The number of aromatic nitrogens is 3. The Morgan fingerprint density at radius 3 is 2.59 bits per heavy atom. The molecular weight excluding hydrogens is 392 g/mol. The van der Waals surface area contributed by atoms with Crippen molar-refractivity contribution in [3.63, 3.8) is 0 Å². The molecular formula is C20H20N4O4S. The fourth-order valence-electron chi connectivity index (χ4n) is 2.60. The summed E-state index contributed by atoms with van der Waals surface area (Å²) >= 11 is 1.10. The second-order valence-electron chi connectivity index (χ2n) is 6.53. The first-order valence-electron chi connectivity index (χ1n) is 9.01. The van der Waals surface area contributed by atoms with Crippen LogP contribution in [-0.2, 0) is 7.05 Å². The predicted octanol–water partition coefficient (Wildman–Crippen LogP) is 4.61. The van der Waals surface area contributed by atoms with Crippen molar-refractivity contribution < 1.29 is 14.5 Å². The lowest BCUT2D eigenvalue weighted by Crippen LogP contribution is -2.09. The summed E-state index contributed by atoms with van der Waals surface area (Å²) in [5.41, 5.74) is 1.07. The molecule has 0 unspecified atom stereocenters. The number of aryl methyl sites for hydroxylation is 1. The second kappa shape index (κ2) is 8.87. The minimum atomic E-state index is -0.653. The minimum absolute atomic E-state index is 0.102. The molecule has 1 aromatic heterocycles. The Labute approximate surface area is 172 Å². The summed E-state index contributed by atoms with van der Waals surface area (Å²) in [6.45, 7) is 4.23. The van der Waals surface area contributed by atoms with E-state index in [2.05, 4.69) is 24.0 Å². The average molecular weight is 412 g/mol. The van der Waals surface area contributed by atoms with Crippen LogP contribution in [0.4, 0.5) is 5.69 Å². The molecule has 1 heterocycles. The fourth-order valence-corrected chi connectivity index (χ4v) is 3.45. The number of hydrogen-bond acceptors (Lipinski definition) is 7. The van der Waals surface area contributed by atoms with E-state index in [1.807, 2.05) is 12.1 Å². The molecule has 0 fully saturated rings. The van der Waals surface area contributed by atoms with E-state index < -0.39 is 10.9 Å². The van der Waals surface area contributed by atoms with Gasteiger partial charge in [0.15, 0.2) is 5.16 Å². The smallest absolute Gasteiger partial charge is 0.343 e. The first kappa shape index (κ1) is 20.5. The monoisotopic (exact) mass is 412 g/mol. The summed E-state index contributed by atoms with van der Waals surface area (Å²) in [6, 6.07) is 11.5. The van der Waals surface area contributed by atoms with Crippen LogP contribution in [-0.4, -0.2) is 25.7 Å². The molecule has 0 aliphatic rings. The highest BCUT2D eigenvalue weighted by Crippen LogP contribution is 2.34. The van der Waals surface area contributed by atoms with E-state index in [0.29, 0.717) is 21.7 Å². The van der Waals surface area contributed by atoms with E-state index in [4.69, 9.17) is 4.74 Å². The predicted molar refractivity (Wildman–Crippen MR) is 108 cm³/mol. The maximum Gasteiger partial charge on any atom is 0.343 e. The number of carbonyl (C=O) groups excluding carboxylic acids is 1. The summed E-state index contributed by atoms with van der Waals surface area (Å²) in [5, 5.41) is 19.7. The van der Waals surface area contributed by atoms with Gasteiger partial charge in [-0.15, -0.1) is 10.2 Å². The maximum atomic E-state index is 12.5. The van der Waals surface area contributed by atoms with Gasteiger partial charge in [0.25, 0.3) is 5.69 Å². The third-order valence-electron chi connectivity index (χ3n) is 4.53. The van der Waals surface area contributed by atoms with Crippen LogP contribution in [0.1, 0.15) is 42.1 Å². The number of nitro groups is 1. The van der Waals surface area contributed by atoms with E-state index in [9.17, 15) is 14.9 Å². The number of carbonyl (C=O) groups is 1. The highest BCUT2D eigenvalue weighted by atomic mass is 32.2. The molecule has 0 saturated heterocycles. The van der Waals surface area contributed by atoms with Crippen molar-refractivity contribution in [3.8, 4) is 5.75 Å². The Morgan fingerprint density at radius 2 is 2.00 bits per heavy atom. The van der Waals surface area contributed by atoms with Crippen LogP contribution in [0.25, 0.3) is 0 Å². The van der Waals surface area contributed by atoms with E-state index >= 15 is 0 Å². The lowest BCUT2D eigenvalue weighted by Gasteiger charge is -2.10. The number of ether oxygens (including phenoxy) is 1. The highest BCUT2D eigenvalue weighted by molar-refractivity contribution is 7.99. The van der Waals surface area contributed by atoms with Crippen LogP contribution in [0.3, 0.4) is 0 Å². The average Bonchev–Trinajstić information content (AvgIpc) is 3.12. The van der Waals surface area contributed by atoms with Crippen molar-refractivity contribution >= 4 is 23.4 Å². The third kappa shape index (κ3) is 4.80. The summed E-state index contributed by atoms with van der Waals surface area (Å²) in [6.07, 6.45) is 2.52. The molecule has 2 aromatic carbocycles. The van der Waals surface area contributed by atoms with Crippen LogP contribution in [0, 0.1) is 10.1 Å². The minimum Gasteiger partial charge on any atom is -0.423 e. The van der Waals surface area contributed by atoms with E-state index in [1.54, 1.807) is 23.7 Å². The van der Waals surface area contributed by atoms with Crippen molar-refractivity contribution in [1.29, 1.82) is 0 Å². The van der Waals surface area contributed by atoms with E-state index in [0.717, 1.165) is 23.7 Å². The van der Waals surface area contributed by atoms with Gasteiger partial charge in [-0.2, -0.15) is 0 Å². The second-order valence-corrected chi connectivity index (χ2v) is 7.54. The molecule has 0 radical (unpaired) electrons. The molecule has 1 atom stereocenters. The van der Waals surface area contributed by atoms with Gasteiger partial charge in [0, 0.05) is 13.1 Å². The first-order valence-corrected chi connectivity index (χ1v) is 9.83.